The first-order valence-corrected chi connectivity index (χ1v) is 5.17. The minimum atomic E-state index is 0.331. The molecule has 0 aliphatic rings. The van der Waals surface area contributed by atoms with Gasteiger partial charge >= 0.3 is 0 Å². The molecule has 0 radical (unpaired) electrons. The molecule has 3 heteroatoms. The summed E-state index contributed by atoms with van der Waals surface area (Å²) in [5.74, 6) is 0. The largest absolute Gasteiger partial charge is 0.269 e. The van der Waals surface area contributed by atoms with Gasteiger partial charge in [0.05, 0.1) is 0 Å². The van der Waals surface area contributed by atoms with E-state index in [4.69, 9.17) is 5.26 Å². The van der Waals surface area contributed by atoms with E-state index in [-0.39, 0.29) is 0 Å². The number of nitriles is 1. The fourth-order valence-electron chi connectivity index (χ4n) is 1.05. The molecule has 1 rings (SSSR count). The normalized spacial score (nSPS) is 9.21. The number of hydrogen-bond acceptors (Lipinski definition) is 2. The highest BCUT2D eigenvalue weighted by atomic mass is 15.3. The smallest absolute Gasteiger partial charge is 0.165 e. The van der Waals surface area contributed by atoms with E-state index in [0.717, 1.165) is 12.0 Å². The zero-order chi connectivity index (χ0) is 11.1. The molecule has 0 aromatic carbocycles. The molecule has 0 saturated carbocycles. The van der Waals surface area contributed by atoms with Crippen LogP contribution in [0.3, 0.4) is 0 Å². The minimum Gasteiger partial charge on any atom is -0.269 e. The van der Waals surface area contributed by atoms with E-state index < -0.39 is 0 Å². The molecule has 0 saturated heterocycles. The van der Waals surface area contributed by atoms with Crippen LogP contribution in [0.1, 0.15) is 51.9 Å². The van der Waals surface area contributed by atoms with Gasteiger partial charge in [0.2, 0.25) is 0 Å². The van der Waals surface area contributed by atoms with Crippen LogP contribution >= 0.6 is 0 Å². The summed E-state index contributed by atoms with van der Waals surface area (Å²) >= 11 is 0. The van der Waals surface area contributed by atoms with Crippen molar-refractivity contribution in [3.05, 3.63) is 17.5 Å². The zero-order valence-electron chi connectivity index (χ0n) is 9.70. The Kier molecular flexibility index (Phi) is 5.62. The second-order valence-corrected chi connectivity index (χ2v) is 3.04. The fourth-order valence-corrected chi connectivity index (χ4v) is 1.05. The minimum absolute atomic E-state index is 0.331. The molecule has 3 nitrogen and oxygen atoms in total. The Labute approximate surface area is 86.4 Å². The quantitative estimate of drug-likeness (QED) is 0.724. The van der Waals surface area contributed by atoms with Gasteiger partial charge in [0.1, 0.15) is 6.07 Å². The van der Waals surface area contributed by atoms with Gasteiger partial charge in [-0.15, -0.1) is 0 Å². The summed E-state index contributed by atoms with van der Waals surface area (Å²) in [7, 11) is 0. The Morgan fingerprint density at radius 1 is 1.50 bits per heavy atom. The van der Waals surface area contributed by atoms with Crippen LogP contribution in [0.15, 0.2) is 6.20 Å². The highest BCUT2D eigenvalue weighted by molar-refractivity contribution is 5.28. The topological polar surface area (TPSA) is 41.6 Å². The van der Waals surface area contributed by atoms with Crippen molar-refractivity contribution >= 4 is 0 Å². The average Bonchev–Trinajstić information content (AvgIpc) is 2.63. The lowest BCUT2D eigenvalue weighted by atomic mass is 10.2. The summed E-state index contributed by atoms with van der Waals surface area (Å²) in [4.78, 5) is 0. The third-order valence-electron chi connectivity index (χ3n) is 1.82. The molecule has 0 bridgehead atoms. The van der Waals surface area contributed by atoms with E-state index >= 15 is 0 Å². The van der Waals surface area contributed by atoms with Gasteiger partial charge in [-0.1, -0.05) is 20.8 Å². The van der Waals surface area contributed by atoms with E-state index in [0.29, 0.717) is 11.7 Å². The fraction of sp³-hybridized carbons (Fsp3) is 0.636. The molecule has 0 N–H and O–H groups in total. The van der Waals surface area contributed by atoms with E-state index in [1.807, 2.05) is 45.5 Å². The first-order chi connectivity index (χ1) is 6.69. The number of rotatable bonds is 2. The predicted octanol–water partition coefficient (Wildman–Crippen LogP) is 2.92. The number of nitrogens with zero attached hydrogens (tertiary/aromatic N) is 3. The monoisotopic (exact) mass is 193 g/mol. The summed E-state index contributed by atoms with van der Waals surface area (Å²) < 4.78 is 1.83. The van der Waals surface area contributed by atoms with Crippen LogP contribution in [0.2, 0.25) is 0 Å². The summed E-state index contributed by atoms with van der Waals surface area (Å²) in [5.41, 5.74) is 1.59. The molecule has 14 heavy (non-hydrogen) atoms. The van der Waals surface area contributed by atoms with Gasteiger partial charge in [-0.05, 0) is 20.3 Å². The van der Waals surface area contributed by atoms with Crippen molar-refractivity contribution in [1.82, 2.24) is 9.78 Å². The Bertz CT molecular complexity index is 305. The van der Waals surface area contributed by atoms with Crippen molar-refractivity contribution in [3.8, 4) is 6.07 Å². The molecule has 0 fully saturated rings. The van der Waals surface area contributed by atoms with Crippen molar-refractivity contribution < 1.29 is 0 Å². The van der Waals surface area contributed by atoms with Crippen LogP contribution in [-0.4, -0.2) is 9.78 Å². The van der Waals surface area contributed by atoms with Gasteiger partial charge in [0.25, 0.3) is 0 Å². The van der Waals surface area contributed by atoms with Crippen LogP contribution in [-0.2, 0) is 6.42 Å². The first-order valence-electron chi connectivity index (χ1n) is 5.17. The molecule has 0 unspecified atom stereocenters. The van der Waals surface area contributed by atoms with Gasteiger partial charge in [0, 0.05) is 17.8 Å². The summed E-state index contributed by atoms with van der Waals surface area (Å²) in [5, 5.41) is 12.9. The summed E-state index contributed by atoms with van der Waals surface area (Å²) in [6.45, 7) is 10.1. The summed E-state index contributed by atoms with van der Waals surface area (Å²) in [6, 6.07) is 2.42. The zero-order valence-corrected chi connectivity index (χ0v) is 9.70. The molecule has 0 aliphatic heterocycles. The van der Waals surface area contributed by atoms with Crippen molar-refractivity contribution in [1.29, 1.82) is 5.26 Å². The standard InChI is InChI=1S/C9H13N3.C2H6/c1-4-8-6-12(7(2)3)11-9(8)5-10;1-2/h6-7H,4H2,1-3H3;1-2H3. The summed E-state index contributed by atoms with van der Waals surface area (Å²) in [6.07, 6.45) is 2.82. The van der Waals surface area contributed by atoms with Crippen molar-refractivity contribution in [2.24, 2.45) is 0 Å². The van der Waals surface area contributed by atoms with Crippen LogP contribution in [0, 0.1) is 11.3 Å². The Hall–Kier alpha value is -1.30. The SMILES string of the molecule is CC.CCc1cn(C(C)C)nc1C#N. The van der Waals surface area contributed by atoms with Gasteiger partial charge < -0.3 is 0 Å². The second-order valence-electron chi connectivity index (χ2n) is 3.04. The molecule has 78 valence electrons. The number of hydrogen-bond donors (Lipinski definition) is 0. The molecular weight excluding hydrogens is 174 g/mol. The van der Waals surface area contributed by atoms with E-state index in [1.54, 1.807) is 0 Å². The van der Waals surface area contributed by atoms with E-state index in [2.05, 4.69) is 11.2 Å². The molecule has 1 aromatic heterocycles. The number of aromatic nitrogens is 2. The molecule has 0 aliphatic carbocycles. The maximum Gasteiger partial charge on any atom is 0.165 e. The first kappa shape index (κ1) is 12.7. The highest BCUT2D eigenvalue weighted by Crippen LogP contribution is 2.10. The van der Waals surface area contributed by atoms with Gasteiger partial charge in [-0.25, -0.2) is 0 Å². The van der Waals surface area contributed by atoms with E-state index in [9.17, 15) is 0 Å². The van der Waals surface area contributed by atoms with Crippen LogP contribution in [0.5, 0.6) is 0 Å². The molecule has 1 heterocycles. The Morgan fingerprint density at radius 3 is 2.36 bits per heavy atom. The number of aryl methyl sites for hydroxylation is 1. The van der Waals surface area contributed by atoms with Crippen molar-refractivity contribution in [2.45, 2.75) is 47.1 Å². The molecular formula is C11H19N3. The lowest BCUT2D eigenvalue weighted by Crippen LogP contribution is -2.00. The molecule has 1 aromatic rings. The Balaban J connectivity index is 0.000000791. The highest BCUT2D eigenvalue weighted by Gasteiger charge is 2.07. The van der Waals surface area contributed by atoms with Crippen LogP contribution in [0.25, 0.3) is 0 Å². The third-order valence-corrected chi connectivity index (χ3v) is 1.82. The van der Waals surface area contributed by atoms with Gasteiger partial charge in [-0.3, -0.25) is 4.68 Å². The molecule has 0 amide bonds. The third kappa shape index (κ3) is 2.88. The lowest BCUT2D eigenvalue weighted by molar-refractivity contribution is 0.531. The van der Waals surface area contributed by atoms with Gasteiger partial charge in [-0.2, -0.15) is 10.4 Å². The van der Waals surface area contributed by atoms with E-state index in [1.165, 1.54) is 0 Å². The molecule has 0 spiro atoms. The molecule has 0 atom stereocenters. The van der Waals surface area contributed by atoms with Crippen molar-refractivity contribution in [3.63, 3.8) is 0 Å². The predicted molar refractivity (Wildman–Crippen MR) is 58.1 cm³/mol. The van der Waals surface area contributed by atoms with Crippen LogP contribution < -0.4 is 0 Å². The lowest BCUT2D eigenvalue weighted by Gasteiger charge is -2.02. The maximum atomic E-state index is 8.72. The Morgan fingerprint density at radius 2 is 2.07 bits per heavy atom. The van der Waals surface area contributed by atoms with Crippen LogP contribution in [0.4, 0.5) is 0 Å². The van der Waals surface area contributed by atoms with Crippen molar-refractivity contribution in [2.75, 3.05) is 0 Å². The maximum absolute atomic E-state index is 8.72. The average molecular weight is 193 g/mol. The second kappa shape index (κ2) is 6.20. The van der Waals surface area contributed by atoms with Gasteiger partial charge in [0.15, 0.2) is 5.69 Å².